The van der Waals surface area contributed by atoms with Gasteiger partial charge in [-0.15, -0.1) is 0 Å². The van der Waals surface area contributed by atoms with Gasteiger partial charge in [0.2, 0.25) is 0 Å². The van der Waals surface area contributed by atoms with E-state index in [1.54, 1.807) is 10.9 Å². The molecule has 2 aromatic rings. The summed E-state index contributed by atoms with van der Waals surface area (Å²) in [5, 5.41) is 11.0. The van der Waals surface area contributed by atoms with Gasteiger partial charge < -0.3 is 10.6 Å². The molecule has 2 unspecified atom stereocenters. The van der Waals surface area contributed by atoms with Crippen LogP contribution in [0.2, 0.25) is 0 Å². The first-order valence-corrected chi connectivity index (χ1v) is 8.57. The maximum Gasteiger partial charge on any atom is 0.259 e. The molecule has 2 atom stereocenters. The molecule has 0 fully saturated rings. The lowest BCUT2D eigenvalue weighted by Crippen LogP contribution is -2.19. The lowest BCUT2D eigenvalue weighted by molar-refractivity contribution is 0.102. The van der Waals surface area contributed by atoms with E-state index in [9.17, 15) is 4.79 Å². The van der Waals surface area contributed by atoms with Crippen molar-refractivity contribution in [2.45, 2.75) is 46.2 Å². The highest BCUT2D eigenvalue weighted by Crippen LogP contribution is 2.40. The number of anilines is 1. The minimum absolute atomic E-state index is 0.100. The summed E-state index contributed by atoms with van der Waals surface area (Å²) in [6, 6.07) is 6.75. The minimum atomic E-state index is -0.100. The molecule has 1 aromatic heterocycles. The van der Waals surface area contributed by atoms with Crippen molar-refractivity contribution in [3.05, 3.63) is 46.8 Å². The molecule has 1 aliphatic rings. The molecule has 0 radical (unpaired) electrons. The van der Waals surface area contributed by atoms with Crippen molar-refractivity contribution in [1.29, 1.82) is 0 Å². The Morgan fingerprint density at radius 3 is 2.79 bits per heavy atom. The highest BCUT2D eigenvalue weighted by Gasteiger charge is 2.30. The van der Waals surface area contributed by atoms with Gasteiger partial charge in [0.25, 0.3) is 5.91 Å². The lowest BCUT2D eigenvalue weighted by Gasteiger charge is -2.18. The number of amides is 1. The molecule has 0 bridgehead atoms. The van der Waals surface area contributed by atoms with Gasteiger partial charge in [-0.2, -0.15) is 5.10 Å². The fourth-order valence-corrected chi connectivity index (χ4v) is 3.60. The van der Waals surface area contributed by atoms with Gasteiger partial charge in [0.05, 0.1) is 11.3 Å². The molecule has 1 aliphatic heterocycles. The molecule has 0 aliphatic carbocycles. The number of fused-ring (bicyclic) bond motifs is 1. The van der Waals surface area contributed by atoms with Crippen LogP contribution in [0.5, 0.6) is 0 Å². The fourth-order valence-electron chi connectivity index (χ4n) is 3.60. The van der Waals surface area contributed by atoms with Crippen molar-refractivity contribution >= 4 is 11.6 Å². The minimum Gasteiger partial charge on any atom is -0.322 e. The van der Waals surface area contributed by atoms with Crippen molar-refractivity contribution in [3.8, 4) is 0 Å². The molecule has 5 nitrogen and oxygen atoms in total. The Morgan fingerprint density at radius 2 is 2.17 bits per heavy atom. The van der Waals surface area contributed by atoms with E-state index >= 15 is 0 Å². The van der Waals surface area contributed by atoms with Crippen LogP contribution in [0.4, 0.5) is 5.69 Å². The summed E-state index contributed by atoms with van der Waals surface area (Å²) in [6.45, 7) is 8.49. The van der Waals surface area contributed by atoms with Crippen LogP contribution in [0, 0.1) is 12.8 Å². The normalized spacial score (nSPS) is 19.6. The number of hydrogen-bond donors (Lipinski definition) is 2. The zero-order valence-corrected chi connectivity index (χ0v) is 15.1. The zero-order valence-electron chi connectivity index (χ0n) is 15.1. The summed E-state index contributed by atoms with van der Waals surface area (Å²) < 4.78 is 1.67. The van der Waals surface area contributed by atoms with Gasteiger partial charge in [0.15, 0.2) is 0 Å². The average molecular weight is 326 g/mol. The third-order valence-electron chi connectivity index (χ3n) is 4.62. The quantitative estimate of drug-likeness (QED) is 0.900. The number of nitrogens with zero attached hydrogens (tertiary/aromatic N) is 2. The molecule has 0 spiro atoms. The Bertz CT molecular complexity index is 761. The van der Waals surface area contributed by atoms with Crippen LogP contribution >= 0.6 is 0 Å². The monoisotopic (exact) mass is 326 g/mol. The van der Waals surface area contributed by atoms with E-state index in [1.165, 1.54) is 11.1 Å². The molecule has 0 saturated heterocycles. The first kappa shape index (κ1) is 16.7. The Hall–Kier alpha value is -2.14. The van der Waals surface area contributed by atoms with Gasteiger partial charge >= 0.3 is 0 Å². The van der Waals surface area contributed by atoms with E-state index in [0.717, 1.165) is 17.8 Å². The Morgan fingerprint density at radius 1 is 1.42 bits per heavy atom. The van der Waals surface area contributed by atoms with Crippen LogP contribution in [-0.4, -0.2) is 15.7 Å². The van der Waals surface area contributed by atoms with Crippen LogP contribution in [0.3, 0.4) is 0 Å². The Balaban J connectivity index is 1.92. The van der Waals surface area contributed by atoms with Crippen molar-refractivity contribution in [1.82, 2.24) is 15.1 Å². The second-order valence-corrected chi connectivity index (χ2v) is 7.13. The summed E-state index contributed by atoms with van der Waals surface area (Å²) in [7, 11) is 1.83. The van der Waals surface area contributed by atoms with E-state index in [0.29, 0.717) is 17.5 Å². The molecule has 1 amide bonds. The standard InChI is InChI=1S/C19H26N4O/c1-11(2)9-17-18-14(12(3)20-17)7-6-8-16(18)21-19(24)15-10-23(5)22-13(15)4/h6-8,10-12,17,20H,9H2,1-5H3,(H,21,24). The third kappa shape index (κ3) is 3.08. The van der Waals surface area contributed by atoms with Gasteiger partial charge in [0.1, 0.15) is 0 Å². The summed E-state index contributed by atoms with van der Waals surface area (Å²) >= 11 is 0. The number of aryl methyl sites for hydroxylation is 2. The highest BCUT2D eigenvalue weighted by molar-refractivity contribution is 6.05. The highest BCUT2D eigenvalue weighted by atomic mass is 16.1. The van der Waals surface area contributed by atoms with Crippen molar-refractivity contribution in [3.63, 3.8) is 0 Å². The van der Waals surface area contributed by atoms with E-state index in [2.05, 4.69) is 42.6 Å². The molecule has 128 valence electrons. The van der Waals surface area contributed by atoms with E-state index in [1.807, 2.05) is 26.1 Å². The van der Waals surface area contributed by atoms with Gasteiger partial charge in [-0.25, -0.2) is 0 Å². The predicted molar refractivity (Wildman–Crippen MR) is 96.1 cm³/mol. The van der Waals surface area contributed by atoms with Crippen LogP contribution in [0.1, 0.15) is 66.5 Å². The maximum atomic E-state index is 12.7. The summed E-state index contributed by atoms with van der Waals surface area (Å²) in [6.07, 6.45) is 2.82. The van der Waals surface area contributed by atoms with Gasteiger partial charge in [-0.3, -0.25) is 9.48 Å². The average Bonchev–Trinajstić information content (AvgIpc) is 2.99. The third-order valence-corrected chi connectivity index (χ3v) is 4.62. The number of rotatable bonds is 4. The van der Waals surface area contributed by atoms with Crippen LogP contribution in [-0.2, 0) is 7.05 Å². The van der Waals surface area contributed by atoms with Gasteiger partial charge in [-0.1, -0.05) is 26.0 Å². The fraction of sp³-hybridized carbons (Fsp3) is 0.474. The second-order valence-electron chi connectivity index (χ2n) is 7.13. The molecule has 0 saturated carbocycles. The zero-order chi connectivity index (χ0) is 17.4. The largest absolute Gasteiger partial charge is 0.322 e. The maximum absolute atomic E-state index is 12.7. The predicted octanol–water partition coefficient (Wildman–Crippen LogP) is 3.73. The van der Waals surface area contributed by atoms with E-state index in [-0.39, 0.29) is 11.9 Å². The molecule has 2 N–H and O–H groups in total. The van der Waals surface area contributed by atoms with Crippen molar-refractivity contribution in [2.24, 2.45) is 13.0 Å². The summed E-state index contributed by atoms with van der Waals surface area (Å²) in [4.78, 5) is 12.7. The number of hydrogen-bond acceptors (Lipinski definition) is 3. The molecule has 5 heteroatoms. The van der Waals surface area contributed by atoms with Crippen LogP contribution in [0.25, 0.3) is 0 Å². The Kier molecular flexibility index (Phi) is 4.45. The van der Waals surface area contributed by atoms with Gasteiger partial charge in [-0.05, 0) is 43.4 Å². The molecule has 2 heterocycles. The molecular weight excluding hydrogens is 300 g/mol. The number of carbonyl (C=O) groups excluding carboxylic acids is 1. The summed E-state index contributed by atoms with van der Waals surface area (Å²) in [5.74, 6) is 0.488. The molecule has 3 rings (SSSR count). The lowest BCUT2D eigenvalue weighted by atomic mass is 9.94. The number of benzene rings is 1. The Labute approximate surface area is 143 Å². The van der Waals surface area contributed by atoms with Crippen molar-refractivity contribution in [2.75, 3.05) is 5.32 Å². The number of aromatic nitrogens is 2. The second kappa shape index (κ2) is 6.40. The van der Waals surface area contributed by atoms with Crippen molar-refractivity contribution < 1.29 is 4.79 Å². The van der Waals surface area contributed by atoms with Crippen LogP contribution in [0.15, 0.2) is 24.4 Å². The van der Waals surface area contributed by atoms with E-state index in [4.69, 9.17) is 0 Å². The van der Waals surface area contributed by atoms with Gasteiger partial charge in [0, 0.05) is 31.0 Å². The molecule has 1 aromatic carbocycles. The number of nitrogens with one attached hydrogen (secondary N) is 2. The molecule has 24 heavy (non-hydrogen) atoms. The number of carbonyl (C=O) groups is 1. The first-order chi connectivity index (χ1) is 11.4. The van der Waals surface area contributed by atoms with E-state index < -0.39 is 0 Å². The SMILES string of the molecule is Cc1nn(C)cc1C(=O)Nc1cccc2c1C(CC(C)C)NC2C. The summed E-state index contributed by atoms with van der Waals surface area (Å²) in [5.41, 5.74) is 4.78. The smallest absolute Gasteiger partial charge is 0.259 e. The molecular formula is C19H26N4O. The van der Waals surface area contributed by atoms with Crippen LogP contribution < -0.4 is 10.6 Å². The first-order valence-electron chi connectivity index (χ1n) is 8.57. The topological polar surface area (TPSA) is 59.0 Å².